The van der Waals surface area contributed by atoms with E-state index in [4.69, 9.17) is 0 Å². The first-order valence-electron chi connectivity index (χ1n) is 14.6. The first kappa shape index (κ1) is 26.6. The fourth-order valence-corrected chi connectivity index (χ4v) is 5.89. The molecule has 0 aliphatic heterocycles. The molecule has 0 nitrogen and oxygen atoms in total. The Bertz CT molecular complexity index is 1040. The minimum Gasteiger partial charge on any atom is -0.206 e. The van der Waals surface area contributed by atoms with E-state index in [0.717, 1.165) is 29.9 Å². The maximum absolute atomic E-state index is 15.1. The average Bonchev–Trinajstić information content (AvgIpc) is 2.92. The fraction of sp³-hybridized carbons (Fsp3) is 0.486. The van der Waals surface area contributed by atoms with Crippen LogP contribution in [-0.4, -0.2) is 0 Å². The lowest BCUT2D eigenvalue weighted by atomic mass is 9.77. The van der Waals surface area contributed by atoms with Gasteiger partial charge in [-0.15, -0.1) is 0 Å². The predicted octanol–water partition coefficient (Wildman–Crippen LogP) is 10.5. The smallest absolute Gasteiger partial charge is 0.131 e. The largest absolute Gasteiger partial charge is 0.206 e. The highest BCUT2D eigenvalue weighted by atomic mass is 19.1. The minimum atomic E-state index is -0.0765. The van der Waals surface area contributed by atoms with Gasteiger partial charge in [0.1, 0.15) is 5.82 Å². The second-order valence-corrected chi connectivity index (χ2v) is 11.1. The highest BCUT2D eigenvalue weighted by Gasteiger charge is 2.22. The van der Waals surface area contributed by atoms with Gasteiger partial charge in [0.25, 0.3) is 0 Å². The van der Waals surface area contributed by atoms with Crippen LogP contribution in [0.15, 0.2) is 66.7 Å². The van der Waals surface area contributed by atoms with E-state index in [0.29, 0.717) is 5.92 Å². The van der Waals surface area contributed by atoms with Crippen LogP contribution in [0.2, 0.25) is 0 Å². The maximum Gasteiger partial charge on any atom is 0.131 e. The first-order valence-corrected chi connectivity index (χ1v) is 14.6. The van der Waals surface area contributed by atoms with Crippen LogP contribution in [-0.2, 0) is 19.3 Å². The van der Waals surface area contributed by atoms with Crippen molar-refractivity contribution in [3.05, 3.63) is 94.8 Å². The molecule has 3 aromatic rings. The van der Waals surface area contributed by atoms with Gasteiger partial charge in [-0.1, -0.05) is 107 Å². The molecule has 0 atom stereocenters. The molecular weight excluding hydrogens is 439 g/mol. The monoisotopic (exact) mass is 484 g/mol. The Morgan fingerprint density at radius 1 is 0.639 bits per heavy atom. The van der Waals surface area contributed by atoms with Gasteiger partial charge in [0.2, 0.25) is 0 Å². The molecule has 0 spiro atoms. The summed E-state index contributed by atoms with van der Waals surface area (Å²) in [5, 5.41) is 0. The van der Waals surface area contributed by atoms with Gasteiger partial charge in [0.15, 0.2) is 0 Å². The summed E-state index contributed by atoms with van der Waals surface area (Å²) in [6, 6.07) is 23.6. The highest BCUT2D eigenvalue weighted by molar-refractivity contribution is 5.65. The van der Waals surface area contributed by atoms with Crippen LogP contribution < -0.4 is 0 Å². The van der Waals surface area contributed by atoms with Crippen molar-refractivity contribution in [3.63, 3.8) is 0 Å². The van der Waals surface area contributed by atoms with Crippen LogP contribution in [0.4, 0.5) is 4.39 Å². The molecule has 1 aliphatic rings. The third-order valence-corrected chi connectivity index (χ3v) is 8.34. The van der Waals surface area contributed by atoms with E-state index in [-0.39, 0.29) is 5.82 Å². The lowest BCUT2D eigenvalue weighted by Gasteiger charge is -2.29. The Kier molecular flexibility index (Phi) is 10.2. The number of benzene rings is 3. The van der Waals surface area contributed by atoms with Gasteiger partial charge in [-0.05, 0) is 97.1 Å². The van der Waals surface area contributed by atoms with E-state index in [1.807, 2.05) is 12.1 Å². The molecule has 1 fully saturated rings. The van der Waals surface area contributed by atoms with Gasteiger partial charge < -0.3 is 0 Å². The zero-order chi connectivity index (χ0) is 25.2. The van der Waals surface area contributed by atoms with Crippen molar-refractivity contribution < 1.29 is 4.39 Å². The molecule has 0 bridgehead atoms. The summed E-state index contributed by atoms with van der Waals surface area (Å²) in [6.45, 7) is 4.53. The van der Waals surface area contributed by atoms with Crippen molar-refractivity contribution in [2.24, 2.45) is 5.92 Å². The van der Waals surface area contributed by atoms with Gasteiger partial charge in [-0.2, -0.15) is 0 Å². The van der Waals surface area contributed by atoms with Crippen molar-refractivity contribution in [2.45, 2.75) is 103 Å². The van der Waals surface area contributed by atoms with Crippen LogP contribution in [0, 0.1) is 11.7 Å². The quantitative estimate of drug-likeness (QED) is 0.224. The van der Waals surface area contributed by atoms with E-state index in [2.05, 4.69) is 68.4 Å². The number of hydrogen-bond donors (Lipinski definition) is 0. The summed E-state index contributed by atoms with van der Waals surface area (Å²) in [5.74, 6) is 1.34. The van der Waals surface area contributed by atoms with Gasteiger partial charge in [-0.3, -0.25) is 0 Å². The molecule has 1 heteroatoms. The summed E-state index contributed by atoms with van der Waals surface area (Å²) in [4.78, 5) is 0. The number of halogens is 1. The molecule has 4 rings (SSSR count). The Morgan fingerprint density at radius 3 is 1.81 bits per heavy atom. The van der Waals surface area contributed by atoms with E-state index in [1.54, 1.807) is 0 Å². The molecule has 1 saturated carbocycles. The summed E-state index contributed by atoms with van der Waals surface area (Å²) < 4.78 is 15.1. The Balaban J connectivity index is 1.30. The lowest BCUT2D eigenvalue weighted by Crippen LogP contribution is -2.13. The van der Waals surface area contributed by atoms with E-state index >= 15 is 4.39 Å². The topological polar surface area (TPSA) is 0 Å². The molecule has 3 aromatic carbocycles. The highest BCUT2D eigenvalue weighted by Crippen LogP contribution is 2.38. The van der Waals surface area contributed by atoms with Crippen molar-refractivity contribution >= 4 is 0 Å². The van der Waals surface area contributed by atoms with E-state index < -0.39 is 0 Å². The molecule has 0 aromatic heterocycles. The van der Waals surface area contributed by atoms with E-state index in [1.165, 1.54) is 92.9 Å². The van der Waals surface area contributed by atoms with Gasteiger partial charge in [0.05, 0.1) is 0 Å². The van der Waals surface area contributed by atoms with Crippen LogP contribution in [0.1, 0.15) is 106 Å². The molecule has 0 saturated heterocycles. The summed E-state index contributed by atoms with van der Waals surface area (Å²) in [5.41, 5.74) is 7.03. The van der Waals surface area contributed by atoms with Gasteiger partial charge in [-0.25, -0.2) is 4.39 Å². The second kappa shape index (κ2) is 13.8. The average molecular weight is 485 g/mol. The van der Waals surface area contributed by atoms with Crippen LogP contribution in [0.3, 0.4) is 0 Å². The molecular formula is C35H45F. The Labute approximate surface area is 219 Å². The van der Waals surface area contributed by atoms with Crippen molar-refractivity contribution in [1.82, 2.24) is 0 Å². The fourth-order valence-electron chi connectivity index (χ4n) is 5.89. The zero-order valence-electron chi connectivity index (χ0n) is 22.6. The normalized spacial score (nSPS) is 17.9. The maximum atomic E-state index is 15.1. The molecule has 0 amide bonds. The lowest BCUT2D eigenvalue weighted by molar-refractivity contribution is 0.304. The molecule has 1 aliphatic carbocycles. The standard InChI is InChI=1S/C35H45F/c1-3-5-7-9-28-10-12-29(13-11-28)14-15-30-18-22-32(23-19-30)34-25-24-33(26-35(34)36)31-20-16-27(17-21-31)8-6-4-2/h10-13,18-19,22-27,31H,3-9,14-17,20-21H2,1-2H3/t27-,31-. The predicted molar refractivity (Wildman–Crippen MR) is 153 cm³/mol. The zero-order valence-corrected chi connectivity index (χ0v) is 22.6. The summed E-state index contributed by atoms with van der Waals surface area (Å²) in [7, 11) is 0. The van der Waals surface area contributed by atoms with Crippen LogP contribution in [0.25, 0.3) is 11.1 Å². The van der Waals surface area contributed by atoms with E-state index in [9.17, 15) is 0 Å². The molecule has 36 heavy (non-hydrogen) atoms. The summed E-state index contributed by atoms with van der Waals surface area (Å²) in [6.07, 6.45) is 16.2. The molecule has 0 N–H and O–H groups in total. The Morgan fingerprint density at radius 2 is 1.22 bits per heavy atom. The first-order chi connectivity index (χ1) is 17.7. The van der Waals surface area contributed by atoms with Crippen molar-refractivity contribution in [3.8, 4) is 11.1 Å². The van der Waals surface area contributed by atoms with Gasteiger partial charge >= 0.3 is 0 Å². The SMILES string of the molecule is CCCCCc1ccc(CCc2ccc(-c3ccc([C@H]4CC[C@H](CCCC)CC4)cc3F)cc2)cc1. The van der Waals surface area contributed by atoms with Crippen LogP contribution in [0.5, 0.6) is 0 Å². The van der Waals surface area contributed by atoms with Gasteiger partial charge in [0, 0.05) is 5.56 Å². The van der Waals surface area contributed by atoms with Crippen LogP contribution >= 0.6 is 0 Å². The third-order valence-electron chi connectivity index (χ3n) is 8.34. The molecule has 0 unspecified atom stereocenters. The number of rotatable bonds is 12. The molecule has 192 valence electrons. The summed E-state index contributed by atoms with van der Waals surface area (Å²) >= 11 is 0. The number of hydrogen-bond acceptors (Lipinski definition) is 0. The number of aryl methyl sites for hydroxylation is 3. The third kappa shape index (κ3) is 7.55. The van der Waals surface area contributed by atoms with Crippen molar-refractivity contribution in [1.29, 1.82) is 0 Å². The Hall–Kier alpha value is -2.41. The van der Waals surface area contributed by atoms with Crippen molar-refractivity contribution in [2.75, 3.05) is 0 Å². The molecule has 0 radical (unpaired) electrons. The number of unbranched alkanes of at least 4 members (excludes halogenated alkanes) is 3. The molecule has 0 heterocycles. The minimum absolute atomic E-state index is 0.0765. The second-order valence-electron chi connectivity index (χ2n) is 11.1.